The van der Waals surface area contributed by atoms with Crippen molar-refractivity contribution in [2.24, 2.45) is 0 Å². The maximum Gasteiger partial charge on any atom is 0.269 e. The molecule has 2 aliphatic heterocycles. The van der Waals surface area contributed by atoms with Gasteiger partial charge >= 0.3 is 0 Å². The van der Waals surface area contributed by atoms with Crippen LogP contribution in [0.3, 0.4) is 0 Å². The number of amides is 1. The largest absolute Gasteiger partial charge is 0.454 e. The summed E-state index contributed by atoms with van der Waals surface area (Å²) in [5.41, 5.74) is 2.22. The fourth-order valence-electron chi connectivity index (χ4n) is 4.41. The molecule has 0 atom stereocenters. The van der Waals surface area contributed by atoms with Crippen LogP contribution in [-0.4, -0.2) is 31.3 Å². The first-order chi connectivity index (χ1) is 19.2. The molecule has 2 aromatic carbocycles. The number of thioether (sulfide) groups is 1. The molecule has 0 saturated carbocycles. The lowest BCUT2D eigenvalue weighted by atomic mass is 9.87. The highest BCUT2D eigenvalue weighted by molar-refractivity contribution is 8.26. The number of hydrogen-bond donors (Lipinski definition) is 0. The number of aromatic nitrogens is 2. The highest BCUT2D eigenvalue weighted by Crippen LogP contribution is 2.37. The minimum Gasteiger partial charge on any atom is -0.454 e. The quantitative estimate of drug-likeness (QED) is 0.216. The van der Waals surface area contributed by atoms with E-state index < -0.39 is 0 Å². The Morgan fingerprint density at radius 1 is 1.05 bits per heavy atom. The van der Waals surface area contributed by atoms with Crippen LogP contribution in [-0.2, 0) is 16.8 Å². The molecule has 1 saturated heterocycles. The molecule has 0 radical (unpaired) electrons. The van der Waals surface area contributed by atoms with Crippen molar-refractivity contribution in [1.82, 2.24) is 14.3 Å². The van der Waals surface area contributed by atoms with Crippen LogP contribution in [0.1, 0.15) is 37.5 Å². The number of rotatable bonds is 5. The highest BCUT2D eigenvalue weighted by Gasteiger charge is 2.33. The van der Waals surface area contributed by atoms with Gasteiger partial charge in [-0.2, -0.15) is 4.98 Å². The molecule has 0 bridgehead atoms. The average Bonchev–Trinajstić information content (AvgIpc) is 3.50. The Morgan fingerprint density at radius 3 is 2.60 bits per heavy atom. The minimum atomic E-state index is -0.354. The van der Waals surface area contributed by atoms with E-state index in [4.69, 9.17) is 26.4 Å². The van der Waals surface area contributed by atoms with Crippen LogP contribution in [0.25, 0.3) is 11.7 Å². The van der Waals surface area contributed by atoms with Gasteiger partial charge in [0.15, 0.2) is 11.5 Å². The summed E-state index contributed by atoms with van der Waals surface area (Å²) < 4.78 is 18.8. The van der Waals surface area contributed by atoms with Crippen LogP contribution in [0.4, 0.5) is 0 Å². The number of carbonyl (C=O) groups is 1. The highest BCUT2D eigenvalue weighted by atomic mass is 32.2. The first kappa shape index (κ1) is 26.1. The first-order valence-corrected chi connectivity index (χ1v) is 13.8. The zero-order chi connectivity index (χ0) is 28.0. The van der Waals surface area contributed by atoms with Crippen molar-refractivity contribution in [1.29, 1.82) is 0 Å². The summed E-state index contributed by atoms with van der Waals surface area (Å²) in [6.45, 7) is 6.83. The first-order valence-electron chi connectivity index (χ1n) is 12.6. The molecule has 6 rings (SSSR count). The van der Waals surface area contributed by atoms with E-state index >= 15 is 0 Å². The van der Waals surface area contributed by atoms with Crippen LogP contribution in [0.2, 0.25) is 0 Å². The summed E-state index contributed by atoms with van der Waals surface area (Å²) >= 11 is 6.68. The van der Waals surface area contributed by atoms with Crippen molar-refractivity contribution >= 4 is 45.9 Å². The topological polar surface area (TPSA) is 82.4 Å². The fraction of sp³-hybridized carbons (Fsp3) is 0.200. The molecule has 40 heavy (non-hydrogen) atoms. The second-order valence-corrected chi connectivity index (χ2v) is 12.1. The molecule has 2 aromatic heterocycles. The third-order valence-electron chi connectivity index (χ3n) is 6.60. The number of pyridine rings is 1. The molecule has 1 fully saturated rings. The molecule has 10 heteroatoms. The Bertz CT molecular complexity index is 1760. The molecule has 202 valence electrons. The summed E-state index contributed by atoms with van der Waals surface area (Å²) in [6, 6.07) is 18.5. The standard InChI is InChI=1S/C30H25N3O5S2/c1-30(2,3)19-8-10-20(11-9-19)38-26-21(27(34)32-13-5-4-6-25(32)31-26)15-24-28(35)33(29(39)40-24)16-18-7-12-22-23(14-18)37-17-36-22/h4-15H,16-17H2,1-3H3. The lowest BCUT2D eigenvalue weighted by molar-refractivity contribution is -0.122. The summed E-state index contributed by atoms with van der Waals surface area (Å²) in [7, 11) is 0. The number of fused-ring (bicyclic) bond motifs is 2. The number of hydrogen-bond acceptors (Lipinski definition) is 8. The van der Waals surface area contributed by atoms with Gasteiger partial charge in [-0.3, -0.25) is 18.9 Å². The van der Waals surface area contributed by atoms with Crippen molar-refractivity contribution in [3.05, 3.63) is 98.8 Å². The zero-order valence-corrected chi connectivity index (χ0v) is 23.7. The predicted molar refractivity (Wildman–Crippen MR) is 158 cm³/mol. The Kier molecular flexibility index (Phi) is 6.59. The Labute approximate surface area is 240 Å². The van der Waals surface area contributed by atoms with Crippen molar-refractivity contribution in [2.75, 3.05) is 6.79 Å². The van der Waals surface area contributed by atoms with E-state index in [9.17, 15) is 9.59 Å². The van der Waals surface area contributed by atoms with E-state index in [2.05, 4.69) is 25.8 Å². The fourth-order valence-corrected chi connectivity index (χ4v) is 5.64. The van der Waals surface area contributed by atoms with Crippen molar-refractivity contribution in [3.8, 4) is 23.1 Å². The number of thiocarbonyl (C=S) groups is 1. The smallest absolute Gasteiger partial charge is 0.269 e. The van der Waals surface area contributed by atoms with E-state index in [-0.39, 0.29) is 41.7 Å². The summed E-state index contributed by atoms with van der Waals surface area (Å²) in [5, 5.41) is 0. The Hall–Kier alpha value is -4.15. The molecule has 4 heterocycles. The molecule has 4 aromatic rings. The molecular weight excluding hydrogens is 546 g/mol. The SMILES string of the molecule is CC(C)(C)c1ccc(Oc2nc3ccccn3c(=O)c2C=C2SC(=S)N(Cc3ccc4c(c3)OCO4)C2=O)cc1. The van der Waals surface area contributed by atoms with Crippen LogP contribution >= 0.6 is 24.0 Å². The van der Waals surface area contributed by atoms with Gasteiger partial charge in [0.05, 0.1) is 11.4 Å². The third-order valence-corrected chi connectivity index (χ3v) is 7.97. The molecule has 0 N–H and O–H groups in total. The molecule has 8 nitrogen and oxygen atoms in total. The summed E-state index contributed by atoms with van der Waals surface area (Å²) in [5.74, 6) is 1.64. The third kappa shape index (κ3) is 4.96. The van der Waals surface area contributed by atoms with E-state index in [0.717, 1.165) is 22.9 Å². The molecule has 0 spiro atoms. The second-order valence-electron chi connectivity index (χ2n) is 10.4. The molecule has 2 aliphatic rings. The van der Waals surface area contributed by atoms with Gasteiger partial charge in [-0.15, -0.1) is 0 Å². The lowest BCUT2D eigenvalue weighted by Crippen LogP contribution is -2.27. The predicted octanol–water partition coefficient (Wildman–Crippen LogP) is 5.91. The molecular formula is C30H25N3O5S2. The maximum atomic E-state index is 13.6. The monoisotopic (exact) mass is 571 g/mol. The van der Waals surface area contributed by atoms with Crippen LogP contribution in [0.15, 0.2) is 76.6 Å². The van der Waals surface area contributed by atoms with Gasteiger partial charge in [-0.05, 0) is 59.0 Å². The Morgan fingerprint density at radius 2 is 1.82 bits per heavy atom. The average molecular weight is 572 g/mol. The maximum absolute atomic E-state index is 13.6. The summed E-state index contributed by atoms with van der Waals surface area (Å²) in [6.07, 6.45) is 3.15. The van der Waals surface area contributed by atoms with Gasteiger partial charge in [0, 0.05) is 6.20 Å². The van der Waals surface area contributed by atoms with Crippen LogP contribution < -0.4 is 19.8 Å². The van der Waals surface area contributed by atoms with Gasteiger partial charge in [-0.1, -0.05) is 69.0 Å². The van der Waals surface area contributed by atoms with Gasteiger partial charge in [0.2, 0.25) is 12.7 Å². The van der Waals surface area contributed by atoms with Crippen molar-refractivity contribution < 1.29 is 19.0 Å². The number of ether oxygens (including phenoxy) is 3. The molecule has 0 aliphatic carbocycles. The zero-order valence-electron chi connectivity index (χ0n) is 22.0. The Balaban J connectivity index is 1.35. The van der Waals surface area contributed by atoms with Gasteiger partial charge in [0.1, 0.15) is 21.3 Å². The minimum absolute atomic E-state index is 0.0148. The number of benzene rings is 2. The van der Waals surface area contributed by atoms with Crippen molar-refractivity contribution in [3.63, 3.8) is 0 Å². The lowest BCUT2D eigenvalue weighted by Gasteiger charge is -2.19. The van der Waals surface area contributed by atoms with Crippen LogP contribution in [0, 0.1) is 0 Å². The van der Waals surface area contributed by atoms with Gasteiger partial charge in [0.25, 0.3) is 11.5 Å². The summed E-state index contributed by atoms with van der Waals surface area (Å²) in [4.78, 5) is 33.5. The normalized spacial score (nSPS) is 15.9. The van der Waals surface area contributed by atoms with Gasteiger partial charge in [-0.25, -0.2) is 0 Å². The van der Waals surface area contributed by atoms with Crippen LogP contribution in [0.5, 0.6) is 23.1 Å². The van der Waals surface area contributed by atoms with E-state index in [0.29, 0.717) is 32.1 Å². The number of nitrogens with zero attached hydrogens (tertiary/aromatic N) is 3. The van der Waals surface area contributed by atoms with E-state index in [1.165, 1.54) is 15.4 Å². The van der Waals surface area contributed by atoms with Crippen molar-refractivity contribution in [2.45, 2.75) is 32.7 Å². The van der Waals surface area contributed by atoms with E-state index in [1.807, 2.05) is 42.5 Å². The van der Waals surface area contributed by atoms with Gasteiger partial charge < -0.3 is 14.2 Å². The molecule has 1 amide bonds. The van der Waals surface area contributed by atoms with E-state index in [1.54, 1.807) is 24.4 Å². The molecule has 0 unspecified atom stereocenters. The second kappa shape index (κ2) is 10.1. The number of carbonyl (C=O) groups excluding carboxylic acids is 1.